The molecule has 0 unspecified atom stereocenters. The second-order valence-electron chi connectivity index (χ2n) is 27.7. The summed E-state index contributed by atoms with van der Waals surface area (Å²) in [6.07, 6.45) is 14.1. The lowest BCUT2D eigenvalue weighted by molar-refractivity contribution is -0.169. The van der Waals surface area contributed by atoms with Crippen molar-refractivity contribution >= 4 is 99.3 Å². The number of likely N-dealkylation sites (tertiary alicyclic amines) is 2. The number of esters is 1. The number of aliphatic hydroxyl groups excluding tert-OH is 1. The van der Waals surface area contributed by atoms with Gasteiger partial charge in [-0.15, -0.1) is 0 Å². The van der Waals surface area contributed by atoms with Gasteiger partial charge in [-0.05, 0) is 81.3 Å². The lowest BCUT2D eigenvalue weighted by atomic mass is 9.74. The number of hydrogen-bond acceptors (Lipinski definition) is 18. The zero-order valence-corrected chi connectivity index (χ0v) is 59.2. The summed E-state index contributed by atoms with van der Waals surface area (Å²) < 4.78 is 45.0. The molecule has 4 aromatic heterocycles. The predicted molar refractivity (Wildman–Crippen MR) is 357 cm³/mol. The number of aromatic amines is 1. The molecule has 5 N–H and O–H groups in total. The highest BCUT2D eigenvalue weighted by atomic mass is 35.5. The molecule has 98 heavy (non-hydrogen) atoms. The molecule has 6 heterocycles. The van der Waals surface area contributed by atoms with E-state index >= 15 is 0 Å². The van der Waals surface area contributed by atoms with Gasteiger partial charge in [0.2, 0.25) is 23.3 Å². The molecule has 2 aliphatic heterocycles. The standard InChI is InChI=1S/C30H38ClN5O6.C29H44N4O6.C5H4ClNO.C3HCl2F3O/c1-30(2,3)21(28(39)36-17-20(13-23(36)29(40)41)42-25-10-9-19(31)15-34-25)14-24(37)26(18-7-5-4-6-8-18)35-27(38)22-16-32-11-12-33-22;1-28(2,3)20(26(37)33-17-19(34)14-22(33)27(38)39-29(4,5)6)15-23(35)24(18-10-8-7-9-11-18)32-25(36)21-16-30-12-13-31-21;6-4-1-2-5(8)7-3-4;4-2(5)1(9)3(6,7)8/h9-12,15-16,18,20-21,23,26H,4-8,13-14,17H2,1-3H3,(H,35,38)(H,40,41);12-13,16,18-20,22,24,34H,7-11,14-15,17H2,1-6H3,(H,32,36);1-3H,(H,7,8);2H/t20-,21-,23+,26+;19-,20+,22-,24-;;/m10../s1. The Bertz CT molecular complexity index is 3380. The molecule has 4 fully saturated rings. The van der Waals surface area contributed by atoms with Crippen LogP contribution in [0.4, 0.5) is 13.2 Å². The second kappa shape index (κ2) is 36.8. The number of carbonyl (C=O) groups is 9. The number of aliphatic hydroxyl groups is 1. The van der Waals surface area contributed by atoms with Gasteiger partial charge in [-0.25, -0.2) is 24.5 Å². The lowest BCUT2D eigenvalue weighted by Gasteiger charge is -2.36. The van der Waals surface area contributed by atoms with Gasteiger partial charge in [0, 0.05) is 93.4 Å². The van der Waals surface area contributed by atoms with Gasteiger partial charge >= 0.3 is 18.1 Å². The van der Waals surface area contributed by atoms with Gasteiger partial charge in [-0.2, -0.15) is 13.2 Å². The van der Waals surface area contributed by atoms with Crippen molar-refractivity contribution in [2.75, 3.05) is 13.1 Å². The van der Waals surface area contributed by atoms with E-state index < -0.39 is 111 Å². The molecule has 8 atom stereocenters. The molecule has 0 spiro atoms. The van der Waals surface area contributed by atoms with Crippen molar-refractivity contribution in [1.29, 1.82) is 0 Å². The molecule has 24 nitrogen and oxygen atoms in total. The molecule has 0 radical (unpaired) electrons. The van der Waals surface area contributed by atoms with Crippen molar-refractivity contribution in [2.45, 2.75) is 205 Å². The van der Waals surface area contributed by atoms with E-state index in [4.69, 9.17) is 32.7 Å². The number of H-pyrrole nitrogens is 1. The van der Waals surface area contributed by atoms with Crippen LogP contribution in [0.3, 0.4) is 0 Å². The van der Waals surface area contributed by atoms with Crippen molar-refractivity contribution in [2.24, 2.45) is 34.5 Å². The van der Waals surface area contributed by atoms with Crippen LogP contribution in [0.1, 0.15) is 173 Å². The number of nitrogens with one attached hydrogen (secondary N) is 3. The molecule has 2 saturated carbocycles. The Morgan fingerprint density at radius 3 is 1.46 bits per heavy atom. The maximum atomic E-state index is 14.0. The number of hydrogen-bond donors (Lipinski definition) is 5. The summed E-state index contributed by atoms with van der Waals surface area (Å²) in [6.45, 7) is 16.5. The SMILES string of the molecule is CC(C)(C)OC(=O)[C@@H]1C[C@H](O)CN1C(=O)[C@@H](CC(=O)[C@@H](NC(=O)c1cnccn1)C1CCCCC1)C(C)(C)C.CC(C)(C)[C@H](CC(=O)[C@@H](NC(=O)c1cnccn1)C1CCCCC1)C(=O)N1C[C@H](Oc2ccc(Cl)cn2)C[C@H]1C(=O)O.O=C(C(Cl)Cl)C(F)(F)F.O=c1ccc(Cl)c[nH]1. The van der Waals surface area contributed by atoms with Crippen LogP contribution < -0.4 is 20.9 Å². The Kier molecular flexibility index (Phi) is 30.6. The molecule has 0 bridgehead atoms. The van der Waals surface area contributed by atoms with E-state index in [0.717, 1.165) is 64.2 Å². The first kappa shape index (κ1) is 81.5. The van der Waals surface area contributed by atoms with E-state index in [1.165, 1.54) is 65.4 Å². The van der Waals surface area contributed by atoms with E-state index in [9.17, 15) is 71.3 Å². The molecular formula is C67H87Cl4F3N10O14. The summed E-state index contributed by atoms with van der Waals surface area (Å²) in [7, 11) is 0. The Labute approximate surface area is 587 Å². The smallest absolute Gasteiger partial charge is 0.452 e. The fourth-order valence-electron chi connectivity index (χ4n) is 11.8. The third kappa shape index (κ3) is 25.5. The second-order valence-corrected chi connectivity index (χ2v) is 29.6. The summed E-state index contributed by atoms with van der Waals surface area (Å²) in [5, 5.41) is 27.1. The third-order valence-electron chi connectivity index (χ3n) is 16.9. The molecule has 0 aromatic carbocycles. The van der Waals surface area contributed by atoms with Gasteiger partial charge in [-0.1, -0.05) is 126 Å². The van der Waals surface area contributed by atoms with Crippen LogP contribution in [0.2, 0.25) is 10.0 Å². The van der Waals surface area contributed by atoms with E-state index in [1.54, 1.807) is 39.0 Å². The Morgan fingerprint density at radius 1 is 0.633 bits per heavy atom. The minimum absolute atomic E-state index is 0.00101. The van der Waals surface area contributed by atoms with Crippen LogP contribution in [-0.4, -0.2) is 169 Å². The summed E-state index contributed by atoms with van der Waals surface area (Å²) >= 11 is 20.6. The van der Waals surface area contributed by atoms with Gasteiger partial charge < -0.3 is 45.1 Å². The third-order valence-corrected chi connectivity index (χ3v) is 17.7. The number of ketones is 3. The molecule has 2 saturated heterocycles. The Hall–Kier alpha value is -7.20. The number of carbonyl (C=O) groups excluding carboxylic acids is 8. The molecule has 2 aliphatic carbocycles. The highest BCUT2D eigenvalue weighted by molar-refractivity contribution is 6.54. The maximum absolute atomic E-state index is 14.0. The number of carboxylic acids is 1. The number of alkyl halides is 5. The average Bonchev–Trinajstić information content (AvgIpc) is 1.55. The first-order valence-corrected chi connectivity index (χ1v) is 33.8. The summed E-state index contributed by atoms with van der Waals surface area (Å²) in [4.78, 5) is 150. The van der Waals surface area contributed by atoms with E-state index in [1.807, 2.05) is 41.5 Å². The van der Waals surface area contributed by atoms with Crippen molar-refractivity contribution in [3.63, 3.8) is 0 Å². The van der Waals surface area contributed by atoms with Crippen LogP contribution in [0.25, 0.3) is 0 Å². The van der Waals surface area contributed by atoms with Gasteiger partial charge in [0.05, 0.1) is 47.2 Å². The number of ether oxygens (including phenoxy) is 2. The topological polar surface area (TPSA) is 340 Å². The quantitative estimate of drug-likeness (QED) is 0.0430. The molecule has 8 rings (SSSR count). The van der Waals surface area contributed by atoms with Gasteiger partial charge in [0.25, 0.3) is 17.6 Å². The largest absolute Gasteiger partial charge is 0.480 e. The number of aromatic nitrogens is 6. The first-order valence-electron chi connectivity index (χ1n) is 32.2. The van der Waals surface area contributed by atoms with Crippen molar-refractivity contribution in [3.8, 4) is 5.88 Å². The van der Waals surface area contributed by atoms with Gasteiger partial charge in [0.1, 0.15) is 35.2 Å². The molecule has 31 heteroatoms. The fourth-order valence-corrected chi connectivity index (χ4v) is 12.3. The Balaban J connectivity index is 0.000000285. The summed E-state index contributed by atoms with van der Waals surface area (Å²) in [5.41, 5.74) is -1.93. The monoisotopic (exact) mass is 1450 g/mol. The van der Waals surface area contributed by atoms with Crippen LogP contribution in [0.15, 0.2) is 78.6 Å². The normalized spacial score (nSPS) is 19.7. The van der Waals surface area contributed by atoms with Gasteiger partial charge in [0.15, 0.2) is 16.4 Å². The fraction of sp³-hybridized carbons (Fsp3) is 0.597. The number of aliphatic carboxylic acids is 1. The minimum Gasteiger partial charge on any atom is -0.480 e. The van der Waals surface area contributed by atoms with Crippen molar-refractivity contribution in [3.05, 3.63) is 106 Å². The minimum atomic E-state index is -4.92. The summed E-state index contributed by atoms with van der Waals surface area (Å²) in [5.74, 6) is -7.49. The average molecular weight is 1460 g/mol. The van der Waals surface area contributed by atoms with Crippen LogP contribution in [0, 0.1) is 34.5 Å². The van der Waals surface area contributed by atoms with E-state index in [2.05, 4.69) is 63.7 Å². The number of amides is 4. The predicted octanol–water partition coefficient (Wildman–Crippen LogP) is 9.99. The number of rotatable bonds is 19. The van der Waals surface area contributed by atoms with E-state index in [0.29, 0.717) is 10.0 Å². The van der Waals surface area contributed by atoms with Crippen LogP contribution in [0.5, 0.6) is 5.88 Å². The number of nitrogens with zero attached hydrogens (tertiary/aromatic N) is 7. The van der Waals surface area contributed by atoms with E-state index in [-0.39, 0.29) is 90.9 Å². The van der Waals surface area contributed by atoms with Crippen LogP contribution in [-0.2, 0) is 38.3 Å². The van der Waals surface area contributed by atoms with Crippen molar-refractivity contribution in [1.82, 2.24) is 50.3 Å². The van der Waals surface area contributed by atoms with Crippen LogP contribution >= 0.6 is 46.4 Å². The number of pyridine rings is 2. The molecule has 538 valence electrons. The van der Waals surface area contributed by atoms with Gasteiger partial charge in [-0.3, -0.25) is 48.3 Å². The number of Topliss-reactive ketones (excluding diaryl/α,β-unsaturated/α-hetero) is 3. The molecular weight excluding hydrogens is 1370 g/mol. The Morgan fingerprint density at radius 2 is 1.10 bits per heavy atom. The maximum Gasteiger partial charge on any atom is 0.452 e. The molecule has 4 aliphatic rings. The highest BCUT2D eigenvalue weighted by Crippen LogP contribution is 2.39. The number of carboxylic acid groups (broad SMARTS) is 1. The summed E-state index contributed by atoms with van der Waals surface area (Å²) in [6, 6.07) is 2.53. The highest BCUT2D eigenvalue weighted by Gasteiger charge is 2.49. The number of β-amino-alcohol motifs (C(OH)–C–C–N with tert-alkyl or cyclic N) is 1. The first-order chi connectivity index (χ1) is 45.7. The zero-order chi connectivity index (χ0) is 73.0. The van der Waals surface area contributed by atoms with Crippen molar-refractivity contribution < 1.29 is 76.0 Å². The molecule has 4 aromatic rings. The molecule has 4 amide bonds. The number of halogens is 7. The lowest BCUT2D eigenvalue weighted by Crippen LogP contribution is -2.51. The zero-order valence-electron chi connectivity index (χ0n) is 56.2.